The molecule has 0 bridgehead atoms. The first-order valence-corrected chi connectivity index (χ1v) is 5.11. The summed E-state index contributed by atoms with van der Waals surface area (Å²) in [5.74, 6) is 0.321. The van der Waals surface area contributed by atoms with Crippen molar-refractivity contribution in [2.45, 2.75) is 25.3 Å². The maximum Gasteiger partial charge on any atom is 0.204 e. The fourth-order valence-electron chi connectivity index (χ4n) is 1.87. The van der Waals surface area contributed by atoms with E-state index in [0.29, 0.717) is 22.9 Å². The van der Waals surface area contributed by atoms with Gasteiger partial charge in [0.05, 0.1) is 5.69 Å². The van der Waals surface area contributed by atoms with E-state index in [1.54, 1.807) is 0 Å². The van der Waals surface area contributed by atoms with Crippen LogP contribution in [0.1, 0.15) is 24.5 Å². The van der Waals surface area contributed by atoms with E-state index in [9.17, 15) is 0 Å². The van der Waals surface area contributed by atoms with Crippen molar-refractivity contribution in [3.8, 4) is 0 Å². The second kappa shape index (κ2) is 3.48. The molecule has 0 saturated heterocycles. The lowest BCUT2D eigenvalue weighted by atomic mass is 9.97. The van der Waals surface area contributed by atoms with Gasteiger partial charge >= 0.3 is 0 Å². The molecule has 13 heavy (non-hydrogen) atoms. The average Bonchev–Trinajstić information content (AvgIpc) is 2.43. The second-order valence-corrected chi connectivity index (χ2v) is 3.98. The van der Waals surface area contributed by atoms with Gasteiger partial charge in [-0.25, -0.2) is 4.98 Å². The summed E-state index contributed by atoms with van der Waals surface area (Å²) in [6, 6.07) is 0. The number of hydrogen-bond donors (Lipinski definition) is 1. The zero-order valence-electron chi connectivity index (χ0n) is 7.13. The van der Waals surface area contributed by atoms with Gasteiger partial charge < -0.3 is 10.3 Å². The lowest BCUT2D eigenvalue weighted by molar-refractivity contribution is 0.459. The molecular weight excluding hydrogens is 209 g/mol. The Bertz CT molecular complexity index is 321. The van der Waals surface area contributed by atoms with E-state index < -0.39 is 0 Å². The van der Waals surface area contributed by atoms with Gasteiger partial charge in [-0.05, 0) is 24.4 Å². The van der Waals surface area contributed by atoms with Gasteiger partial charge in [-0.3, -0.25) is 0 Å². The summed E-state index contributed by atoms with van der Waals surface area (Å²) in [6.45, 7) is 1.52. The zero-order chi connectivity index (χ0) is 9.42. The van der Waals surface area contributed by atoms with E-state index in [0.717, 1.165) is 25.1 Å². The third kappa shape index (κ3) is 1.45. The van der Waals surface area contributed by atoms with E-state index in [-0.39, 0.29) is 0 Å². The lowest BCUT2D eigenvalue weighted by Crippen LogP contribution is -2.21. The lowest BCUT2D eigenvalue weighted by Gasteiger charge is -2.23. The molecule has 1 atom stereocenters. The first-order valence-electron chi connectivity index (χ1n) is 4.35. The van der Waals surface area contributed by atoms with Crippen LogP contribution < -0.4 is 5.73 Å². The molecule has 1 aliphatic rings. The minimum Gasteiger partial charge on any atom is -0.330 e. The highest BCUT2D eigenvalue weighted by Crippen LogP contribution is 2.34. The Labute approximate surface area is 86.8 Å². The van der Waals surface area contributed by atoms with E-state index in [2.05, 4.69) is 4.98 Å². The number of nitrogens with two attached hydrogens (primary N) is 1. The van der Waals surface area contributed by atoms with Gasteiger partial charge in [0.2, 0.25) is 5.28 Å². The SMILES string of the molecule is NCC1CCCn2c(Cl)nc(Cl)c21. The van der Waals surface area contributed by atoms with Crippen LogP contribution in [0.25, 0.3) is 0 Å². The number of imidazole rings is 1. The molecule has 0 fully saturated rings. The predicted molar refractivity (Wildman–Crippen MR) is 53.3 cm³/mol. The van der Waals surface area contributed by atoms with E-state index in [4.69, 9.17) is 28.9 Å². The molecule has 1 unspecified atom stereocenters. The molecule has 5 heteroatoms. The second-order valence-electron chi connectivity index (χ2n) is 3.28. The van der Waals surface area contributed by atoms with Crippen molar-refractivity contribution in [3.63, 3.8) is 0 Å². The van der Waals surface area contributed by atoms with E-state index in [1.807, 2.05) is 4.57 Å². The molecule has 0 radical (unpaired) electrons. The smallest absolute Gasteiger partial charge is 0.204 e. The highest BCUT2D eigenvalue weighted by Gasteiger charge is 2.25. The van der Waals surface area contributed by atoms with Crippen LogP contribution in [0.4, 0.5) is 0 Å². The van der Waals surface area contributed by atoms with Crippen LogP contribution in [0.15, 0.2) is 0 Å². The van der Waals surface area contributed by atoms with Gasteiger partial charge in [-0.15, -0.1) is 0 Å². The molecule has 3 nitrogen and oxygen atoms in total. The van der Waals surface area contributed by atoms with Crippen LogP contribution in [0.3, 0.4) is 0 Å². The fraction of sp³-hybridized carbons (Fsp3) is 0.625. The number of hydrogen-bond acceptors (Lipinski definition) is 2. The summed E-state index contributed by atoms with van der Waals surface area (Å²) in [7, 11) is 0. The molecule has 1 aromatic heterocycles. The number of fused-ring (bicyclic) bond motifs is 1. The van der Waals surface area contributed by atoms with Crippen molar-refractivity contribution in [1.29, 1.82) is 0 Å². The van der Waals surface area contributed by atoms with Crippen LogP contribution in [0.2, 0.25) is 10.4 Å². The van der Waals surface area contributed by atoms with Crippen molar-refractivity contribution in [2.75, 3.05) is 6.54 Å². The third-order valence-corrected chi connectivity index (χ3v) is 3.09. The topological polar surface area (TPSA) is 43.8 Å². The molecule has 0 saturated carbocycles. The van der Waals surface area contributed by atoms with Crippen molar-refractivity contribution in [1.82, 2.24) is 9.55 Å². The Morgan fingerprint density at radius 2 is 2.31 bits per heavy atom. The molecule has 2 N–H and O–H groups in total. The Hall–Kier alpha value is -0.250. The Balaban J connectivity index is 2.48. The maximum absolute atomic E-state index is 5.96. The van der Waals surface area contributed by atoms with Gasteiger partial charge in [0.15, 0.2) is 5.15 Å². The van der Waals surface area contributed by atoms with Crippen LogP contribution >= 0.6 is 23.2 Å². The van der Waals surface area contributed by atoms with Crippen molar-refractivity contribution >= 4 is 23.2 Å². The van der Waals surface area contributed by atoms with E-state index in [1.165, 1.54) is 0 Å². The van der Waals surface area contributed by atoms with Gasteiger partial charge in [-0.1, -0.05) is 11.6 Å². The van der Waals surface area contributed by atoms with Gasteiger partial charge in [0.25, 0.3) is 0 Å². The van der Waals surface area contributed by atoms with Crippen molar-refractivity contribution in [2.24, 2.45) is 5.73 Å². The molecule has 72 valence electrons. The summed E-state index contributed by atoms with van der Waals surface area (Å²) in [5, 5.41) is 0.998. The van der Waals surface area contributed by atoms with Crippen LogP contribution in [0, 0.1) is 0 Å². The normalized spacial score (nSPS) is 21.6. The van der Waals surface area contributed by atoms with Gasteiger partial charge in [0, 0.05) is 19.0 Å². The quantitative estimate of drug-likeness (QED) is 0.786. The van der Waals surface area contributed by atoms with Gasteiger partial charge in [0.1, 0.15) is 0 Å². The average molecular weight is 220 g/mol. The number of aromatic nitrogens is 2. The molecule has 2 rings (SSSR count). The molecule has 0 aliphatic carbocycles. The van der Waals surface area contributed by atoms with Gasteiger partial charge in [-0.2, -0.15) is 0 Å². The third-order valence-electron chi connectivity index (χ3n) is 2.52. The fourth-order valence-corrected chi connectivity index (χ4v) is 2.51. The number of nitrogens with zero attached hydrogens (tertiary/aromatic N) is 2. The summed E-state index contributed by atoms with van der Waals surface area (Å²) in [5.41, 5.74) is 6.67. The minimum absolute atomic E-state index is 0.321. The molecule has 1 aliphatic heterocycles. The standard InChI is InChI=1S/C8H11Cl2N3/c9-7-6-5(4-11)2-1-3-13(6)8(10)12-7/h5H,1-4,11H2. The Morgan fingerprint density at radius 3 is 3.00 bits per heavy atom. The Morgan fingerprint density at radius 1 is 1.54 bits per heavy atom. The van der Waals surface area contributed by atoms with Crippen LogP contribution in [-0.4, -0.2) is 16.1 Å². The van der Waals surface area contributed by atoms with Crippen LogP contribution in [0.5, 0.6) is 0 Å². The number of rotatable bonds is 1. The first-order chi connectivity index (χ1) is 6.24. The monoisotopic (exact) mass is 219 g/mol. The summed E-state index contributed by atoms with van der Waals surface area (Å²) >= 11 is 11.9. The summed E-state index contributed by atoms with van der Waals surface area (Å²) in [6.07, 6.45) is 2.18. The highest BCUT2D eigenvalue weighted by molar-refractivity contribution is 6.33. The largest absolute Gasteiger partial charge is 0.330 e. The summed E-state index contributed by atoms with van der Waals surface area (Å²) < 4.78 is 1.96. The highest BCUT2D eigenvalue weighted by atomic mass is 35.5. The summed E-state index contributed by atoms with van der Waals surface area (Å²) in [4.78, 5) is 4.03. The van der Waals surface area contributed by atoms with E-state index >= 15 is 0 Å². The predicted octanol–water partition coefficient (Wildman–Crippen LogP) is 2.03. The molecule has 0 aromatic carbocycles. The minimum atomic E-state index is 0.321. The zero-order valence-corrected chi connectivity index (χ0v) is 8.65. The molecular formula is C8H11Cl2N3. The maximum atomic E-state index is 5.96. The molecule has 1 aromatic rings. The molecule has 0 amide bonds. The van der Waals surface area contributed by atoms with Crippen molar-refractivity contribution in [3.05, 3.63) is 16.1 Å². The molecule has 0 spiro atoms. The van der Waals surface area contributed by atoms with Crippen LogP contribution in [-0.2, 0) is 6.54 Å². The number of halogens is 2. The van der Waals surface area contributed by atoms with Crippen molar-refractivity contribution < 1.29 is 0 Å². The first kappa shape index (κ1) is 9.31. The molecule has 2 heterocycles. The Kier molecular flexibility index (Phi) is 2.49.